The van der Waals surface area contributed by atoms with Crippen LogP contribution < -0.4 is 0 Å². The molecule has 3 rings (SSSR count). The minimum absolute atomic E-state index is 0.00833. The molecule has 1 aliphatic heterocycles. The molecule has 1 aliphatic rings. The molecule has 136 valence electrons. The highest BCUT2D eigenvalue weighted by Gasteiger charge is 2.35. The molecular formula is C17H20F3N3O2. The molecule has 1 saturated heterocycles. The van der Waals surface area contributed by atoms with Gasteiger partial charge in [0.25, 0.3) is 0 Å². The van der Waals surface area contributed by atoms with E-state index in [0.29, 0.717) is 36.9 Å². The summed E-state index contributed by atoms with van der Waals surface area (Å²) in [5.74, 6) is 0.925. The molecule has 1 aromatic carbocycles. The van der Waals surface area contributed by atoms with Gasteiger partial charge in [0.2, 0.25) is 11.8 Å². The average molecular weight is 355 g/mol. The third-order valence-electron chi connectivity index (χ3n) is 4.35. The normalized spacial score (nSPS) is 17.5. The van der Waals surface area contributed by atoms with Gasteiger partial charge in [0, 0.05) is 26.1 Å². The summed E-state index contributed by atoms with van der Waals surface area (Å²) in [7, 11) is 0. The maximum atomic E-state index is 13.1. The summed E-state index contributed by atoms with van der Waals surface area (Å²) >= 11 is 0. The number of hydrogen-bond donors (Lipinski definition) is 0. The van der Waals surface area contributed by atoms with Crippen LogP contribution in [-0.2, 0) is 23.9 Å². The first-order valence-electron chi connectivity index (χ1n) is 8.12. The number of benzene rings is 1. The first-order chi connectivity index (χ1) is 11.8. The Bertz CT molecular complexity index is 711. The SMILES string of the molecule is Cc1nnc(COC2CN(C(C)Cc3ccccc3C(F)(F)F)C2)o1. The van der Waals surface area contributed by atoms with Crippen LogP contribution in [0.3, 0.4) is 0 Å². The summed E-state index contributed by atoms with van der Waals surface area (Å²) in [6.45, 7) is 5.27. The maximum Gasteiger partial charge on any atom is 0.416 e. The standard InChI is InChI=1S/C17H20F3N3O2/c1-11(7-13-5-3-4-6-15(13)17(18,19)20)23-8-14(9-23)24-10-16-22-21-12(2)25-16/h3-6,11,14H,7-10H2,1-2H3. The molecule has 8 heteroatoms. The summed E-state index contributed by atoms with van der Waals surface area (Å²) in [5, 5.41) is 7.58. The summed E-state index contributed by atoms with van der Waals surface area (Å²) in [5.41, 5.74) is -0.227. The molecule has 0 bridgehead atoms. The van der Waals surface area contributed by atoms with Crippen molar-refractivity contribution >= 4 is 0 Å². The Morgan fingerprint density at radius 3 is 2.64 bits per heavy atom. The zero-order chi connectivity index (χ0) is 18.0. The van der Waals surface area contributed by atoms with Crippen molar-refractivity contribution in [3.63, 3.8) is 0 Å². The minimum atomic E-state index is -4.32. The van der Waals surface area contributed by atoms with Crippen LogP contribution in [0.5, 0.6) is 0 Å². The molecule has 5 nitrogen and oxygen atoms in total. The fraction of sp³-hybridized carbons (Fsp3) is 0.529. The van der Waals surface area contributed by atoms with Crippen molar-refractivity contribution in [2.75, 3.05) is 13.1 Å². The van der Waals surface area contributed by atoms with Gasteiger partial charge in [0.15, 0.2) is 0 Å². The molecule has 0 aliphatic carbocycles. The van der Waals surface area contributed by atoms with Gasteiger partial charge < -0.3 is 9.15 Å². The van der Waals surface area contributed by atoms with Crippen LogP contribution in [0.25, 0.3) is 0 Å². The third-order valence-corrected chi connectivity index (χ3v) is 4.35. The van der Waals surface area contributed by atoms with Gasteiger partial charge in [-0.25, -0.2) is 0 Å². The smallest absolute Gasteiger partial charge is 0.416 e. The van der Waals surface area contributed by atoms with Crippen molar-refractivity contribution in [1.29, 1.82) is 0 Å². The van der Waals surface area contributed by atoms with Gasteiger partial charge in [0.1, 0.15) is 6.61 Å². The average Bonchev–Trinajstić information content (AvgIpc) is 2.90. The molecule has 0 radical (unpaired) electrons. The van der Waals surface area contributed by atoms with Gasteiger partial charge in [-0.2, -0.15) is 13.2 Å². The zero-order valence-electron chi connectivity index (χ0n) is 14.1. The molecule has 0 N–H and O–H groups in total. The highest BCUT2D eigenvalue weighted by molar-refractivity contribution is 5.30. The Balaban J connectivity index is 1.49. The van der Waals surface area contributed by atoms with E-state index in [2.05, 4.69) is 15.1 Å². The second kappa shape index (κ2) is 7.13. The quantitative estimate of drug-likeness (QED) is 0.796. The number of halogens is 3. The molecule has 0 spiro atoms. The highest BCUT2D eigenvalue weighted by atomic mass is 19.4. The predicted octanol–water partition coefficient (Wildman–Crippen LogP) is 3.23. The van der Waals surface area contributed by atoms with E-state index in [-0.39, 0.29) is 18.8 Å². The van der Waals surface area contributed by atoms with Gasteiger partial charge in [-0.15, -0.1) is 10.2 Å². The number of aryl methyl sites for hydroxylation is 1. The third kappa shape index (κ3) is 4.38. The summed E-state index contributed by atoms with van der Waals surface area (Å²) < 4.78 is 50.1. The molecular weight excluding hydrogens is 335 g/mol. The second-order valence-electron chi connectivity index (χ2n) is 6.31. The lowest BCUT2D eigenvalue weighted by Gasteiger charge is -2.42. The van der Waals surface area contributed by atoms with E-state index >= 15 is 0 Å². The van der Waals surface area contributed by atoms with E-state index in [1.807, 2.05) is 6.92 Å². The van der Waals surface area contributed by atoms with E-state index in [0.717, 1.165) is 6.07 Å². The number of nitrogens with zero attached hydrogens (tertiary/aromatic N) is 3. The van der Waals surface area contributed by atoms with Crippen molar-refractivity contribution in [2.24, 2.45) is 0 Å². The summed E-state index contributed by atoms with van der Waals surface area (Å²) in [6.07, 6.45) is -3.93. The van der Waals surface area contributed by atoms with E-state index in [9.17, 15) is 13.2 Å². The Morgan fingerprint density at radius 1 is 1.28 bits per heavy atom. The topological polar surface area (TPSA) is 51.4 Å². The Labute approximate surface area is 143 Å². The fourth-order valence-corrected chi connectivity index (χ4v) is 2.94. The number of alkyl halides is 3. The van der Waals surface area contributed by atoms with E-state index in [1.54, 1.807) is 19.1 Å². The van der Waals surface area contributed by atoms with Crippen molar-refractivity contribution in [1.82, 2.24) is 15.1 Å². The van der Waals surface area contributed by atoms with Crippen LogP contribution in [0.4, 0.5) is 13.2 Å². The van der Waals surface area contributed by atoms with Crippen molar-refractivity contribution in [2.45, 2.75) is 45.2 Å². The maximum absolute atomic E-state index is 13.1. The van der Waals surface area contributed by atoms with Crippen LogP contribution >= 0.6 is 0 Å². The Morgan fingerprint density at radius 2 is 2.00 bits per heavy atom. The molecule has 1 aromatic heterocycles. The van der Waals surface area contributed by atoms with Gasteiger partial charge >= 0.3 is 6.18 Å². The molecule has 1 unspecified atom stereocenters. The van der Waals surface area contributed by atoms with Crippen molar-refractivity contribution in [3.8, 4) is 0 Å². The second-order valence-corrected chi connectivity index (χ2v) is 6.31. The van der Waals surface area contributed by atoms with Crippen LogP contribution in [0.15, 0.2) is 28.7 Å². The predicted molar refractivity (Wildman–Crippen MR) is 83.8 cm³/mol. The fourth-order valence-electron chi connectivity index (χ4n) is 2.94. The minimum Gasteiger partial charge on any atom is -0.423 e. The molecule has 2 heterocycles. The molecule has 0 amide bonds. The molecule has 25 heavy (non-hydrogen) atoms. The van der Waals surface area contributed by atoms with Crippen LogP contribution in [0, 0.1) is 6.92 Å². The van der Waals surface area contributed by atoms with Gasteiger partial charge in [-0.1, -0.05) is 18.2 Å². The first-order valence-corrected chi connectivity index (χ1v) is 8.12. The largest absolute Gasteiger partial charge is 0.423 e. The highest BCUT2D eigenvalue weighted by Crippen LogP contribution is 2.33. The van der Waals surface area contributed by atoms with Gasteiger partial charge in [-0.05, 0) is 25.0 Å². The molecule has 2 aromatic rings. The van der Waals surface area contributed by atoms with E-state index in [4.69, 9.17) is 9.15 Å². The Hall–Kier alpha value is -1.93. The lowest BCUT2D eigenvalue weighted by Crippen LogP contribution is -2.56. The van der Waals surface area contributed by atoms with Crippen molar-refractivity contribution < 1.29 is 22.3 Å². The number of aromatic nitrogens is 2. The number of likely N-dealkylation sites (tertiary alicyclic amines) is 1. The first kappa shape index (κ1) is 17.9. The molecule has 0 saturated carbocycles. The lowest BCUT2D eigenvalue weighted by molar-refractivity contribution is -0.138. The molecule has 1 fully saturated rings. The number of ether oxygens (including phenoxy) is 1. The van der Waals surface area contributed by atoms with Crippen LogP contribution in [0.1, 0.15) is 29.8 Å². The summed E-state index contributed by atoms with van der Waals surface area (Å²) in [6, 6.07) is 5.76. The number of rotatable bonds is 6. The molecule has 1 atom stereocenters. The van der Waals surface area contributed by atoms with Gasteiger partial charge in [0.05, 0.1) is 11.7 Å². The van der Waals surface area contributed by atoms with Crippen molar-refractivity contribution in [3.05, 3.63) is 47.2 Å². The van der Waals surface area contributed by atoms with Crippen LogP contribution in [-0.4, -0.2) is 40.3 Å². The zero-order valence-corrected chi connectivity index (χ0v) is 14.1. The lowest BCUT2D eigenvalue weighted by atomic mass is 9.97. The monoisotopic (exact) mass is 355 g/mol. The Kier molecular flexibility index (Phi) is 5.10. The number of hydrogen-bond acceptors (Lipinski definition) is 5. The van der Waals surface area contributed by atoms with E-state index in [1.165, 1.54) is 6.07 Å². The van der Waals surface area contributed by atoms with Gasteiger partial charge in [-0.3, -0.25) is 4.90 Å². The summed E-state index contributed by atoms with van der Waals surface area (Å²) in [4.78, 5) is 2.11. The van der Waals surface area contributed by atoms with E-state index < -0.39 is 11.7 Å². The van der Waals surface area contributed by atoms with Crippen LogP contribution in [0.2, 0.25) is 0 Å².